The Morgan fingerprint density at radius 3 is 2.85 bits per heavy atom. The van der Waals surface area contributed by atoms with Gasteiger partial charge in [0.2, 0.25) is 11.8 Å². The smallest absolute Gasteiger partial charge is 0.258 e. The Balaban J connectivity index is 1.28. The number of rotatable bonds is 7. The summed E-state index contributed by atoms with van der Waals surface area (Å²) in [7, 11) is 0. The summed E-state index contributed by atoms with van der Waals surface area (Å²) in [6.07, 6.45) is 3.86. The van der Waals surface area contributed by atoms with Gasteiger partial charge in [-0.15, -0.1) is 0 Å². The highest BCUT2D eigenvalue weighted by Crippen LogP contribution is 2.43. The van der Waals surface area contributed by atoms with Gasteiger partial charge in [0, 0.05) is 18.2 Å². The summed E-state index contributed by atoms with van der Waals surface area (Å²) in [5.74, 6) is -0.0681. The zero-order chi connectivity index (χ0) is 23.7. The van der Waals surface area contributed by atoms with Crippen molar-refractivity contribution in [3.63, 3.8) is 0 Å². The van der Waals surface area contributed by atoms with E-state index in [1.165, 1.54) is 11.2 Å². The van der Waals surface area contributed by atoms with E-state index in [-0.39, 0.29) is 24.3 Å². The molecule has 0 radical (unpaired) electrons. The number of nitrogens with zero attached hydrogens (tertiary/aromatic N) is 5. The Morgan fingerprint density at radius 2 is 2.03 bits per heavy atom. The van der Waals surface area contributed by atoms with Crippen molar-refractivity contribution in [2.45, 2.75) is 32.0 Å². The maximum atomic E-state index is 13.3. The van der Waals surface area contributed by atoms with Gasteiger partial charge in [-0.05, 0) is 37.6 Å². The average Bonchev–Trinajstić information content (AvgIpc) is 3.45. The van der Waals surface area contributed by atoms with Gasteiger partial charge in [-0.1, -0.05) is 18.2 Å². The lowest BCUT2D eigenvalue weighted by atomic mass is 9.98. The zero-order valence-corrected chi connectivity index (χ0v) is 18.7. The third-order valence-corrected chi connectivity index (χ3v) is 6.22. The van der Waals surface area contributed by atoms with Crippen molar-refractivity contribution >= 4 is 29.1 Å². The van der Waals surface area contributed by atoms with E-state index in [0.717, 1.165) is 0 Å². The molecule has 1 N–H and O–H groups in total. The van der Waals surface area contributed by atoms with Crippen LogP contribution in [-0.4, -0.2) is 56.2 Å². The Morgan fingerprint density at radius 1 is 1.18 bits per heavy atom. The minimum Gasteiger partial charge on any atom is -0.492 e. The van der Waals surface area contributed by atoms with Gasteiger partial charge in [-0.25, -0.2) is 9.67 Å². The topological polar surface area (TPSA) is 110 Å². The predicted octanol–water partition coefficient (Wildman–Crippen LogP) is 2.29. The van der Waals surface area contributed by atoms with Crippen LogP contribution in [0.25, 0.3) is 0 Å². The summed E-state index contributed by atoms with van der Waals surface area (Å²) in [5, 5.41) is 6.87. The summed E-state index contributed by atoms with van der Waals surface area (Å²) in [6.45, 7) is 2.60. The molecule has 3 heterocycles. The maximum Gasteiger partial charge on any atom is 0.258 e. The van der Waals surface area contributed by atoms with Crippen LogP contribution in [0.5, 0.6) is 5.75 Å². The van der Waals surface area contributed by atoms with Crippen molar-refractivity contribution in [3.8, 4) is 5.75 Å². The molecule has 0 aliphatic carbocycles. The van der Waals surface area contributed by atoms with Gasteiger partial charge in [-0.2, -0.15) is 5.10 Å². The van der Waals surface area contributed by atoms with Gasteiger partial charge in [-0.3, -0.25) is 19.3 Å². The van der Waals surface area contributed by atoms with Crippen molar-refractivity contribution in [1.29, 1.82) is 0 Å². The van der Waals surface area contributed by atoms with Crippen LogP contribution in [0.3, 0.4) is 0 Å². The number of benzene rings is 2. The summed E-state index contributed by atoms with van der Waals surface area (Å²) < 4.78 is 7.41. The summed E-state index contributed by atoms with van der Waals surface area (Å²) in [5.41, 5.74) is 0.694. The second kappa shape index (κ2) is 8.62. The van der Waals surface area contributed by atoms with E-state index in [1.54, 1.807) is 58.4 Å². The molecule has 2 aliphatic heterocycles. The fourth-order valence-corrected chi connectivity index (χ4v) is 4.55. The molecule has 1 atom stereocenters. The first kappa shape index (κ1) is 21.6. The molecular weight excluding hydrogens is 436 g/mol. The summed E-state index contributed by atoms with van der Waals surface area (Å²) in [4.78, 5) is 46.0. The summed E-state index contributed by atoms with van der Waals surface area (Å²) in [6, 6.07) is 14.1. The number of para-hydroxylation sites is 1. The van der Waals surface area contributed by atoms with Gasteiger partial charge in [0.1, 0.15) is 37.2 Å². The highest BCUT2D eigenvalue weighted by atomic mass is 16.5. The van der Waals surface area contributed by atoms with Crippen LogP contribution < -0.4 is 15.0 Å². The number of carbonyl (C=O) groups excluding carboxylic acids is 3. The molecule has 3 aromatic rings. The van der Waals surface area contributed by atoms with Gasteiger partial charge < -0.3 is 15.0 Å². The van der Waals surface area contributed by atoms with Crippen LogP contribution in [0, 0.1) is 0 Å². The number of ether oxygens (including phenoxy) is 1. The summed E-state index contributed by atoms with van der Waals surface area (Å²) >= 11 is 0. The van der Waals surface area contributed by atoms with E-state index < -0.39 is 5.66 Å². The van der Waals surface area contributed by atoms with Gasteiger partial charge in [0.15, 0.2) is 0 Å². The van der Waals surface area contributed by atoms with Crippen molar-refractivity contribution in [2.75, 3.05) is 23.4 Å². The van der Waals surface area contributed by atoms with Crippen LogP contribution in [-0.2, 0) is 16.1 Å². The molecule has 0 spiro atoms. The lowest BCUT2D eigenvalue weighted by Crippen LogP contribution is -2.63. The number of carbonyl (C=O) groups is 3. The van der Waals surface area contributed by atoms with Crippen molar-refractivity contribution in [3.05, 3.63) is 66.7 Å². The number of fused-ring (bicyclic) bond motifs is 3. The SMILES string of the molecule is CC12CCC(=O)N1c1ccccc1C(=O)N2CC(=O)Nc1cccc(OCCn2cncn2)c1. The number of hydrogen-bond donors (Lipinski definition) is 1. The Kier molecular flexibility index (Phi) is 5.48. The predicted molar refractivity (Wildman–Crippen MR) is 123 cm³/mol. The highest BCUT2D eigenvalue weighted by Gasteiger charge is 2.53. The molecule has 2 aromatic carbocycles. The third-order valence-electron chi connectivity index (χ3n) is 6.22. The van der Waals surface area contributed by atoms with E-state index >= 15 is 0 Å². The minimum absolute atomic E-state index is 0.0522. The lowest BCUT2D eigenvalue weighted by Gasteiger charge is -2.48. The van der Waals surface area contributed by atoms with E-state index in [2.05, 4.69) is 15.4 Å². The van der Waals surface area contributed by atoms with Crippen molar-refractivity contribution in [1.82, 2.24) is 19.7 Å². The molecule has 1 fully saturated rings. The van der Waals surface area contributed by atoms with Gasteiger partial charge in [0.25, 0.3) is 5.91 Å². The molecule has 10 heteroatoms. The first-order valence-electron chi connectivity index (χ1n) is 11.0. The first-order valence-corrected chi connectivity index (χ1v) is 11.0. The molecule has 3 amide bonds. The quantitative estimate of drug-likeness (QED) is 0.579. The zero-order valence-electron chi connectivity index (χ0n) is 18.7. The molecule has 1 saturated heterocycles. The van der Waals surface area contributed by atoms with Gasteiger partial charge >= 0.3 is 0 Å². The first-order chi connectivity index (χ1) is 16.5. The van der Waals surface area contributed by atoms with Crippen LogP contribution in [0.15, 0.2) is 61.2 Å². The number of amides is 3. The fourth-order valence-electron chi connectivity index (χ4n) is 4.55. The normalized spacial score (nSPS) is 19.1. The van der Waals surface area contributed by atoms with Crippen LogP contribution in [0.4, 0.5) is 11.4 Å². The highest BCUT2D eigenvalue weighted by molar-refractivity contribution is 6.11. The Labute approximate surface area is 196 Å². The third kappa shape index (κ3) is 3.87. The van der Waals surface area contributed by atoms with Gasteiger partial charge in [0.05, 0.1) is 17.8 Å². The van der Waals surface area contributed by atoms with E-state index in [9.17, 15) is 14.4 Å². The molecule has 2 aliphatic rings. The average molecular weight is 460 g/mol. The molecule has 0 bridgehead atoms. The second-order valence-electron chi connectivity index (χ2n) is 8.44. The standard InChI is InChI=1S/C24H24N6O4/c1-24-10-9-22(32)30(24)20-8-3-2-7-19(20)23(33)29(24)14-21(31)27-17-5-4-6-18(13-17)34-12-11-28-16-25-15-26-28/h2-8,13,15-16H,9-12,14H2,1H3,(H,27,31). The van der Waals surface area contributed by atoms with E-state index in [1.807, 2.05) is 13.0 Å². The number of hydrogen-bond acceptors (Lipinski definition) is 6. The molecule has 0 saturated carbocycles. The van der Waals surface area contributed by atoms with Crippen molar-refractivity contribution < 1.29 is 19.1 Å². The molecule has 1 aromatic heterocycles. The number of anilines is 2. The molecule has 5 rings (SSSR count). The van der Waals surface area contributed by atoms with Crippen LogP contribution in [0.1, 0.15) is 30.1 Å². The van der Waals surface area contributed by atoms with E-state index in [4.69, 9.17) is 4.74 Å². The second-order valence-corrected chi connectivity index (χ2v) is 8.44. The van der Waals surface area contributed by atoms with Crippen LogP contribution >= 0.6 is 0 Å². The maximum absolute atomic E-state index is 13.3. The number of aromatic nitrogens is 3. The molecule has 34 heavy (non-hydrogen) atoms. The van der Waals surface area contributed by atoms with Crippen LogP contribution in [0.2, 0.25) is 0 Å². The fraction of sp³-hybridized carbons (Fsp3) is 0.292. The van der Waals surface area contributed by atoms with E-state index in [0.29, 0.717) is 48.7 Å². The molecule has 10 nitrogen and oxygen atoms in total. The Hall–Kier alpha value is -4.21. The lowest BCUT2D eigenvalue weighted by molar-refractivity contribution is -0.120. The molecule has 174 valence electrons. The number of nitrogens with one attached hydrogen (secondary N) is 1. The Bertz CT molecular complexity index is 1240. The van der Waals surface area contributed by atoms with Crippen molar-refractivity contribution in [2.24, 2.45) is 0 Å². The minimum atomic E-state index is -0.883. The molecular formula is C24H24N6O4. The molecule has 1 unspecified atom stereocenters. The monoisotopic (exact) mass is 460 g/mol. The largest absolute Gasteiger partial charge is 0.492 e.